The number of phenols is 1. The van der Waals surface area contributed by atoms with Gasteiger partial charge in [-0.2, -0.15) is 0 Å². The number of halogens is 1. The minimum absolute atomic E-state index is 0.0115. The molecule has 6 nitrogen and oxygen atoms in total. The van der Waals surface area contributed by atoms with Crippen molar-refractivity contribution in [1.82, 2.24) is 9.80 Å². The van der Waals surface area contributed by atoms with E-state index in [4.69, 9.17) is 11.6 Å². The van der Waals surface area contributed by atoms with Crippen molar-refractivity contribution in [3.8, 4) is 5.75 Å². The number of phenolic OH excluding ortho intramolecular Hbond substituents is 1. The first kappa shape index (κ1) is 22.1. The Bertz CT molecular complexity index is 912. The highest BCUT2D eigenvalue weighted by molar-refractivity contribution is 6.32. The summed E-state index contributed by atoms with van der Waals surface area (Å²) in [7, 11) is 0. The molecule has 0 aromatic heterocycles. The molecule has 0 radical (unpaired) electrons. The Morgan fingerprint density at radius 2 is 1.80 bits per heavy atom. The maximum atomic E-state index is 12.7. The van der Waals surface area contributed by atoms with Crippen LogP contribution in [0.1, 0.15) is 23.1 Å². The van der Waals surface area contributed by atoms with Gasteiger partial charge in [-0.1, -0.05) is 35.9 Å². The van der Waals surface area contributed by atoms with Crippen molar-refractivity contribution in [3.05, 3.63) is 58.1 Å². The minimum atomic E-state index is -0.0362. The lowest BCUT2D eigenvalue weighted by Crippen LogP contribution is -2.38. The molecule has 30 heavy (non-hydrogen) atoms. The van der Waals surface area contributed by atoms with E-state index >= 15 is 0 Å². The highest BCUT2D eigenvalue weighted by Gasteiger charge is 2.21. The zero-order valence-corrected chi connectivity index (χ0v) is 18.2. The quantitative estimate of drug-likeness (QED) is 0.764. The molecule has 0 saturated carbocycles. The van der Waals surface area contributed by atoms with Gasteiger partial charge in [0.2, 0.25) is 11.8 Å². The van der Waals surface area contributed by atoms with Crippen molar-refractivity contribution in [2.75, 3.05) is 38.0 Å². The van der Waals surface area contributed by atoms with Crippen molar-refractivity contribution in [3.63, 3.8) is 0 Å². The fraction of sp³-hybridized carbons (Fsp3) is 0.391. The predicted octanol–water partition coefficient (Wildman–Crippen LogP) is 3.38. The summed E-state index contributed by atoms with van der Waals surface area (Å²) in [4.78, 5) is 29.2. The Hall–Kier alpha value is -2.57. The van der Waals surface area contributed by atoms with Crippen molar-refractivity contribution in [1.29, 1.82) is 0 Å². The van der Waals surface area contributed by atoms with Gasteiger partial charge < -0.3 is 15.3 Å². The fourth-order valence-electron chi connectivity index (χ4n) is 3.72. The molecule has 1 aliphatic heterocycles. The monoisotopic (exact) mass is 429 g/mol. The number of aryl methyl sites for hydroxylation is 2. The van der Waals surface area contributed by atoms with E-state index in [1.165, 1.54) is 6.07 Å². The number of aromatic hydroxyl groups is 1. The number of carbonyl (C=O) groups is 2. The van der Waals surface area contributed by atoms with Crippen LogP contribution in [-0.2, 0) is 16.0 Å². The number of nitrogens with one attached hydrogen (secondary N) is 1. The van der Waals surface area contributed by atoms with E-state index in [9.17, 15) is 14.7 Å². The largest absolute Gasteiger partial charge is 0.506 e. The summed E-state index contributed by atoms with van der Waals surface area (Å²) < 4.78 is 0. The van der Waals surface area contributed by atoms with Crippen LogP contribution in [0.3, 0.4) is 0 Å². The van der Waals surface area contributed by atoms with Crippen LogP contribution in [0, 0.1) is 13.8 Å². The minimum Gasteiger partial charge on any atom is -0.506 e. The summed E-state index contributed by atoms with van der Waals surface area (Å²) >= 11 is 5.93. The molecule has 1 heterocycles. The normalized spacial score (nSPS) is 15.0. The highest BCUT2D eigenvalue weighted by Crippen LogP contribution is 2.24. The first-order chi connectivity index (χ1) is 14.3. The third-order valence-corrected chi connectivity index (χ3v) is 5.72. The second-order valence-corrected chi connectivity index (χ2v) is 8.20. The third-order valence-electron chi connectivity index (χ3n) is 5.42. The zero-order chi connectivity index (χ0) is 21.7. The summed E-state index contributed by atoms with van der Waals surface area (Å²) in [6, 6.07) is 10.8. The first-order valence-electron chi connectivity index (χ1n) is 10.2. The number of amides is 2. The maximum Gasteiger partial charge on any atom is 0.238 e. The van der Waals surface area contributed by atoms with E-state index in [1.807, 2.05) is 36.9 Å². The topological polar surface area (TPSA) is 72.9 Å². The highest BCUT2D eigenvalue weighted by atomic mass is 35.5. The Kier molecular flexibility index (Phi) is 7.34. The van der Waals surface area contributed by atoms with Crippen molar-refractivity contribution in [2.45, 2.75) is 26.7 Å². The lowest BCUT2D eigenvalue weighted by Gasteiger charge is -2.22. The van der Waals surface area contributed by atoms with Crippen LogP contribution in [0.5, 0.6) is 5.75 Å². The van der Waals surface area contributed by atoms with Crippen molar-refractivity contribution < 1.29 is 14.7 Å². The van der Waals surface area contributed by atoms with Crippen LogP contribution < -0.4 is 5.32 Å². The molecule has 2 aromatic rings. The SMILES string of the molecule is Cc1cccc(C)c1NC(=O)CN1CCCN(C(=O)Cc2ccc(O)c(Cl)c2)CC1. The van der Waals surface area contributed by atoms with Gasteiger partial charge in [-0.05, 0) is 49.1 Å². The average Bonchev–Trinajstić information content (AvgIpc) is 2.93. The summed E-state index contributed by atoms with van der Waals surface area (Å²) in [6.07, 6.45) is 1.06. The van der Waals surface area contributed by atoms with Gasteiger partial charge in [0.15, 0.2) is 0 Å². The van der Waals surface area contributed by atoms with Crippen LogP contribution in [0.4, 0.5) is 5.69 Å². The van der Waals surface area contributed by atoms with Gasteiger partial charge in [-0.3, -0.25) is 14.5 Å². The number of hydrogen-bond acceptors (Lipinski definition) is 4. The summed E-state index contributed by atoms with van der Waals surface area (Å²) in [5.74, 6) is 0.00181. The molecule has 1 fully saturated rings. The molecule has 7 heteroatoms. The summed E-state index contributed by atoms with van der Waals surface area (Å²) in [5.41, 5.74) is 3.74. The molecule has 3 rings (SSSR count). The second-order valence-electron chi connectivity index (χ2n) is 7.79. The molecular formula is C23H28ClN3O3. The molecule has 0 bridgehead atoms. The molecule has 1 saturated heterocycles. The number of rotatable bonds is 5. The molecule has 0 atom stereocenters. The number of hydrogen-bond donors (Lipinski definition) is 2. The van der Waals surface area contributed by atoms with Gasteiger partial charge >= 0.3 is 0 Å². The van der Waals surface area contributed by atoms with Gasteiger partial charge in [-0.15, -0.1) is 0 Å². The van der Waals surface area contributed by atoms with Gasteiger partial charge in [0.05, 0.1) is 18.0 Å². The van der Waals surface area contributed by atoms with E-state index in [2.05, 4.69) is 10.2 Å². The van der Waals surface area contributed by atoms with E-state index in [1.54, 1.807) is 12.1 Å². The number of para-hydroxylation sites is 1. The summed E-state index contributed by atoms with van der Waals surface area (Å²) in [5, 5.41) is 12.8. The number of benzene rings is 2. The second kappa shape index (κ2) is 9.96. The van der Waals surface area contributed by atoms with Gasteiger partial charge in [0.25, 0.3) is 0 Å². The standard InChI is InChI=1S/C23H28ClN3O3/c1-16-5-3-6-17(2)23(16)25-21(29)15-26-9-4-10-27(12-11-26)22(30)14-18-7-8-20(28)19(24)13-18/h3,5-8,13,28H,4,9-12,14-15H2,1-2H3,(H,25,29). The Morgan fingerprint density at radius 1 is 1.07 bits per heavy atom. The van der Waals surface area contributed by atoms with Crippen LogP contribution >= 0.6 is 11.6 Å². The molecule has 2 N–H and O–H groups in total. The Balaban J connectivity index is 1.52. The van der Waals surface area contributed by atoms with Crippen LogP contribution in [0.2, 0.25) is 5.02 Å². The van der Waals surface area contributed by atoms with Crippen LogP contribution in [0.25, 0.3) is 0 Å². The molecule has 1 aliphatic rings. The van der Waals surface area contributed by atoms with Crippen molar-refractivity contribution >= 4 is 29.1 Å². The Labute approximate surface area is 182 Å². The van der Waals surface area contributed by atoms with Gasteiger partial charge in [-0.25, -0.2) is 0 Å². The first-order valence-corrected chi connectivity index (χ1v) is 10.5. The molecule has 0 aliphatic carbocycles. The predicted molar refractivity (Wildman–Crippen MR) is 119 cm³/mol. The lowest BCUT2D eigenvalue weighted by atomic mass is 10.1. The number of anilines is 1. The third kappa shape index (κ3) is 5.74. The molecule has 0 spiro atoms. The smallest absolute Gasteiger partial charge is 0.238 e. The Morgan fingerprint density at radius 3 is 2.50 bits per heavy atom. The fourth-order valence-corrected chi connectivity index (χ4v) is 3.92. The van der Waals surface area contributed by atoms with E-state index in [0.29, 0.717) is 26.2 Å². The molecule has 0 unspecified atom stereocenters. The zero-order valence-electron chi connectivity index (χ0n) is 17.4. The summed E-state index contributed by atoms with van der Waals surface area (Å²) in [6.45, 7) is 6.96. The van der Waals surface area contributed by atoms with E-state index < -0.39 is 0 Å². The molecule has 2 aromatic carbocycles. The van der Waals surface area contributed by atoms with Gasteiger partial charge in [0.1, 0.15) is 5.75 Å². The van der Waals surface area contributed by atoms with Crippen molar-refractivity contribution in [2.24, 2.45) is 0 Å². The van der Waals surface area contributed by atoms with Crippen LogP contribution in [-0.4, -0.2) is 59.4 Å². The average molecular weight is 430 g/mol. The molecule has 2 amide bonds. The molecule has 160 valence electrons. The number of carbonyl (C=O) groups excluding carboxylic acids is 2. The van der Waals surface area contributed by atoms with E-state index in [-0.39, 0.29) is 29.0 Å². The maximum absolute atomic E-state index is 12.7. The number of nitrogens with zero attached hydrogens (tertiary/aromatic N) is 2. The lowest BCUT2D eigenvalue weighted by molar-refractivity contribution is -0.130. The molecular weight excluding hydrogens is 402 g/mol. The van der Waals surface area contributed by atoms with Gasteiger partial charge in [0, 0.05) is 31.9 Å². The van der Waals surface area contributed by atoms with Crippen LogP contribution in [0.15, 0.2) is 36.4 Å². The van der Waals surface area contributed by atoms with E-state index in [0.717, 1.165) is 35.3 Å².